The number of benzene rings is 1. The van der Waals surface area contributed by atoms with Gasteiger partial charge in [-0.3, -0.25) is 0 Å². The molecule has 0 aromatic heterocycles. The van der Waals surface area contributed by atoms with Gasteiger partial charge in [0.1, 0.15) is 0 Å². The Balaban J connectivity index is 2.28. The van der Waals surface area contributed by atoms with Gasteiger partial charge in [-0.15, -0.1) is 0 Å². The monoisotopic (exact) mass is 352 g/mol. The summed E-state index contributed by atoms with van der Waals surface area (Å²) in [5.41, 5.74) is 2.84. The van der Waals surface area contributed by atoms with Crippen LogP contribution < -0.4 is 10.2 Å². The summed E-state index contributed by atoms with van der Waals surface area (Å²) in [4.78, 5) is 2.62. The minimum absolute atomic E-state index is 0.406. The second kappa shape index (κ2) is 8.19. The molecule has 1 fully saturated rings. The molecule has 0 bridgehead atoms. The fourth-order valence-electron chi connectivity index (χ4n) is 3.44. The highest BCUT2D eigenvalue weighted by Crippen LogP contribution is 2.34. The van der Waals surface area contributed by atoms with Gasteiger partial charge in [0.15, 0.2) is 0 Å². The van der Waals surface area contributed by atoms with E-state index in [0.717, 1.165) is 19.1 Å². The van der Waals surface area contributed by atoms with Crippen molar-refractivity contribution in [1.29, 1.82) is 0 Å². The van der Waals surface area contributed by atoms with Crippen LogP contribution in [-0.4, -0.2) is 19.1 Å². The molecule has 1 aliphatic rings. The average molecular weight is 353 g/mol. The first kappa shape index (κ1) is 16.8. The fourth-order valence-corrected chi connectivity index (χ4v) is 3.79. The molecule has 1 N–H and O–H groups in total. The van der Waals surface area contributed by atoms with Crippen molar-refractivity contribution in [2.24, 2.45) is 0 Å². The highest BCUT2D eigenvalue weighted by molar-refractivity contribution is 9.10. The maximum Gasteiger partial charge on any atom is 0.0428 e. The maximum atomic E-state index is 3.66. The predicted octanol–water partition coefficient (Wildman–Crippen LogP) is 5.28. The van der Waals surface area contributed by atoms with Gasteiger partial charge < -0.3 is 10.2 Å². The molecule has 0 amide bonds. The molecule has 0 radical (unpaired) electrons. The molecule has 1 atom stereocenters. The molecule has 3 heteroatoms. The number of nitrogens with zero attached hydrogens (tertiary/aromatic N) is 1. The summed E-state index contributed by atoms with van der Waals surface area (Å²) in [5.74, 6) is 0. The van der Waals surface area contributed by atoms with E-state index in [1.54, 1.807) is 0 Å². The van der Waals surface area contributed by atoms with Crippen molar-refractivity contribution >= 4 is 21.6 Å². The molecule has 2 nitrogen and oxygen atoms in total. The van der Waals surface area contributed by atoms with E-state index in [4.69, 9.17) is 0 Å². The lowest BCUT2D eigenvalue weighted by molar-refractivity contribution is 0.561. The summed E-state index contributed by atoms with van der Waals surface area (Å²) < 4.78 is 1.18. The molecule has 1 aliphatic carbocycles. The van der Waals surface area contributed by atoms with Gasteiger partial charge in [-0.25, -0.2) is 0 Å². The lowest BCUT2D eigenvalue weighted by atomic mass is 10.0. The smallest absolute Gasteiger partial charge is 0.0428 e. The Kier molecular flexibility index (Phi) is 6.56. The zero-order chi connectivity index (χ0) is 15.2. The normalized spacial score (nSPS) is 17.1. The summed E-state index contributed by atoms with van der Waals surface area (Å²) in [6.07, 6.45) is 6.63. The van der Waals surface area contributed by atoms with E-state index in [2.05, 4.69) is 65.1 Å². The molecule has 0 aliphatic heterocycles. The SMILES string of the molecule is CCCNC(C)c1ccc(Br)cc1N(CC)C1CCCC1. The van der Waals surface area contributed by atoms with E-state index < -0.39 is 0 Å². The predicted molar refractivity (Wildman–Crippen MR) is 96.1 cm³/mol. The number of hydrogen-bond acceptors (Lipinski definition) is 2. The Hall–Kier alpha value is -0.540. The van der Waals surface area contributed by atoms with Crippen molar-refractivity contribution in [2.45, 2.75) is 65.0 Å². The van der Waals surface area contributed by atoms with Crippen LogP contribution in [0.4, 0.5) is 5.69 Å². The Morgan fingerprint density at radius 1 is 1.29 bits per heavy atom. The van der Waals surface area contributed by atoms with Gasteiger partial charge in [0.2, 0.25) is 0 Å². The zero-order valence-corrected chi connectivity index (χ0v) is 15.2. The second-order valence-corrected chi connectivity index (χ2v) is 7.02. The van der Waals surface area contributed by atoms with Crippen molar-refractivity contribution < 1.29 is 0 Å². The van der Waals surface area contributed by atoms with Gasteiger partial charge in [-0.2, -0.15) is 0 Å². The van der Waals surface area contributed by atoms with Crippen LogP contribution >= 0.6 is 15.9 Å². The third kappa shape index (κ3) is 4.23. The van der Waals surface area contributed by atoms with Gasteiger partial charge in [-0.05, 0) is 57.4 Å². The Bertz CT molecular complexity index is 441. The van der Waals surface area contributed by atoms with Crippen molar-refractivity contribution in [1.82, 2.24) is 5.32 Å². The van der Waals surface area contributed by atoms with Gasteiger partial charge in [0.05, 0.1) is 0 Å². The first-order valence-corrected chi connectivity index (χ1v) is 9.26. The van der Waals surface area contributed by atoms with Crippen molar-refractivity contribution in [3.05, 3.63) is 28.2 Å². The lowest BCUT2D eigenvalue weighted by Gasteiger charge is -2.33. The highest BCUT2D eigenvalue weighted by Gasteiger charge is 2.24. The number of hydrogen-bond donors (Lipinski definition) is 1. The standard InChI is InChI=1S/C18H29BrN2/c1-4-12-20-14(3)17-11-10-15(19)13-18(17)21(5-2)16-8-6-7-9-16/h10-11,13-14,16,20H,4-9,12H2,1-3H3. The Labute approximate surface area is 138 Å². The molecule has 1 saturated carbocycles. The molecule has 0 saturated heterocycles. The fraction of sp³-hybridized carbons (Fsp3) is 0.667. The van der Waals surface area contributed by atoms with E-state index >= 15 is 0 Å². The minimum Gasteiger partial charge on any atom is -0.369 e. The van der Waals surface area contributed by atoms with Crippen LogP contribution in [0.5, 0.6) is 0 Å². The summed E-state index contributed by atoms with van der Waals surface area (Å²) in [6, 6.07) is 7.89. The van der Waals surface area contributed by atoms with Crippen molar-refractivity contribution in [3.8, 4) is 0 Å². The Morgan fingerprint density at radius 3 is 2.62 bits per heavy atom. The molecule has 1 unspecified atom stereocenters. The summed E-state index contributed by atoms with van der Waals surface area (Å²) >= 11 is 3.66. The van der Waals surface area contributed by atoms with Crippen LogP contribution in [-0.2, 0) is 0 Å². The van der Waals surface area contributed by atoms with E-state index in [9.17, 15) is 0 Å². The third-order valence-corrected chi connectivity index (χ3v) is 5.07. The van der Waals surface area contributed by atoms with E-state index in [1.807, 2.05) is 0 Å². The molecule has 118 valence electrons. The second-order valence-electron chi connectivity index (χ2n) is 6.10. The van der Waals surface area contributed by atoms with Crippen molar-refractivity contribution in [3.63, 3.8) is 0 Å². The number of halogens is 1. The van der Waals surface area contributed by atoms with E-state index in [0.29, 0.717) is 6.04 Å². The number of nitrogens with one attached hydrogen (secondary N) is 1. The van der Waals surface area contributed by atoms with Crippen LogP contribution in [0.3, 0.4) is 0 Å². The number of anilines is 1. The average Bonchev–Trinajstić information content (AvgIpc) is 3.00. The molecular formula is C18H29BrN2. The van der Waals surface area contributed by atoms with Gasteiger partial charge >= 0.3 is 0 Å². The molecule has 1 aromatic rings. The molecular weight excluding hydrogens is 324 g/mol. The molecule has 21 heavy (non-hydrogen) atoms. The molecule has 0 heterocycles. The molecule has 0 spiro atoms. The van der Waals surface area contributed by atoms with Crippen LogP contribution in [0.2, 0.25) is 0 Å². The quantitative estimate of drug-likeness (QED) is 0.718. The first-order chi connectivity index (χ1) is 10.2. The summed E-state index contributed by atoms with van der Waals surface area (Å²) in [6.45, 7) is 8.96. The largest absolute Gasteiger partial charge is 0.369 e. The van der Waals surface area contributed by atoms with Gasteiger partial charge in [-0.1, -0.05) is 41.8 Å². The lowest BCUT2D eigenvalue weighted by Crippen LogP contribution is -2.34. The minimum atomic E-state index is 0.406. The Morgan fingerprint density at radius 2 is 2.00 bits per heavy atom. The summed E-state index contributed by atoms with van der Waals surface area (Å²) in [7, 11) is 0. The van der Waals surface area contributed by atoms with E-state index in [-0.39, 0.29) is 0 Å². The van der Waals surface area contributed by atoms with Crippen LogP contribution in [0.25, 0.3) is 0 Å². The van der Waals surface area contributed by atoms with Crippen molar-refractivity contribution in [2.75, 3.05) is 18.0 Å². The number of rotatable bonds is 7. The summed E-state index contributed by atoms with van der Waals surface area (Å²) in [5, 5.41) is 3.64. The molecule has 2 rings (SSSR count). The van der Waals surface area contributed by atoms with Gasteiger partial charge in [0, 0.05) is 28.8 Å². The first-order valence-electron chi connectivity index (χ1n) is 8.46. The molecule has 1 aromatic carbocycles. The van der Waals surface area contributed by atoms with Crippen LogP contribution in [0, 0.1) is 0 Å². The maximum absolute atomic E-state index is 3.66. The van der Waals surface area contributed by atoms with Crippen LogP contribution in [0.15, 0.2) is 22.7 Å². The van der Waals surface area contributed by atoms with Crippen LogP contribution in [0.1, 0.15) is 64.5 Å². The van der Waals surface area contributed by atoms with E-state index in [1.165, 1.54) is 47.8 Å². The topological polar surface area (TPSA) is 15.3 Å². The van der Waals surface area contributed by atoms with Gasteiger partial charge in [0.25, 0.3) is 0 Å². The highest BCUT2D eigenvalue weighted by atomic mass is 79.9. The third-order valence-electron chi connectivity index (χ3n) is 4.58. The zero-order valence-electron chi connectivity index (χ0n) is 13.7.